The van der Waals surface area contributed by atoms with E-state index >= 15 is 0 Å². The monoisotopic (exact) mass is 376 g/mol. The molecule has 1 amide bonds. The zero-order valence-electron chi connectivity index (χ0n) is 16.0. The minimum Gasteiger partial charge on any atom is -0.361 e. The molecule has 0 unspecified atom stereocenters. The van der Waals surface area contributed by atoms with Crippen LogP contribution >= 0.6 is 0 Å². The Morgan fingerprint density at radius 1 is 1.18 bits per heavy atom. The van der Waals surface area contributed by atoms with Crippen LogP contribution in [0.25, 0.3) is 11.3 Å². The molecule has 1 N–H and O–H groups in total. The van der Waals surface area contributed by atoms with Gasteiger partial charge in [-0.25, -0.2) is 0 Å². The van der Waals surface area contributed by atoms with E-state index in [9.17, 15) is 4.79 Å². The van der Waals surface area contributed by atoms with Crippen molar-refractivity contribution in [3.63, 3.8) is 0 Å². The SMILES string of the molecule is Cc1cc(CNC(=O)c2cccc(-c3ccc(CN4CCCC4)cn3)c2)no1. The van der Waals surface area contributed by atoms with E-state index in [0.717, 1.165) is 23.6 Å². The van der Waals surface area contributed by atoms with Gasteiger partial charge in [0.1, 0.15) is 11.5 Å². The van der Waals surface area contributed by atoms with Gasteiger partial charge >= 0.3 is 0 Å². The third-order valence-electron chi connectivity index (χ3n) is 4.96. The Kier molecular flexibility index (Phi) is 5.48. The van der Waals surface area contributed by atoms with Crippen LogP contribution in [0.2, 0.25) is 0 Å². The first-order chi connectivity index (χ1) is 13.7. The molecule has 0 atom stereocenters. The van der Waals surface area contributed by atoms with Gasteiger partial charge in [0.15, 0.2) is 0 Å². The second kappa shape index (κ2) is 8.35. The number of pyridine rings is 1. The van der Waals surface area contributed by atoms with Crippen molar-refractivity contribution in [1.82, 2.24) is 20.4 Å². The molecule has 0 bridgehead atoms. The standard InChI is InChI=1S/C22H24N4O2/c1-16-11-20(25-28-16)14-24-22(27)19-6-4-5-18(12-19)21-8-7-17(13-23-21)15-26-9-2-3-10-26/h4-8,11-13H,2-3,9-10,14-15H2,1H3,(H,24,27). The molecule has 3 aromatic rings. The molecule has 1 fully saturated rings. The molecule has 1 aliphatic rings. The van der Waals surface area contributed by atoms with Crippen LogP contribution in [0.1, 0.15) is 40.2 Å². The Balaban J connectivity index is 1.41. The summed E-state index contributed by atoms with van der Waals surface area (Å²) in [6.07, 6.45) is 4.51. The Labute approximate surface area is 164 Å². The Bertz CT molecular complexity index is 943. The number of benzene rings is 1. The third-order valence-corrected chi connectivity index (χ3v) is 4.96. The molecule has 144 valence electrons. The molecular weight excluding hydrogens is 352 g/mol. The van der Waals surface area contributed by atoms with Crippen molar-refractivity contribution < 1.29 is 9.32 Å². The molecule has 6 heteroatoms. The average Bonchev–Trinajstić information content (AvgIpc) is 3.38. The van der Waals surface area contributed by atoms with Gasteiger partial charge < -0.3 is 9.84 Å². The van der Waals surface area contributed by atoms with Gasteiger partial charge in [-0.2, -0.15) is 0 Å². The summed E-state index contributed by atoms with van der Waals surface area (Å²) in [6, 6.07) is 13.5. The van der Waals surface area contributed by atoms with Crippen LogP contribution in [0.15, 0.2) is 53.2 Å². The highest BCUT2D eigenvalue weighted by molar-refractivity contribution is 5.95. The van der Waals surface area contributed by atoms with Gasteiger partial charge in [0.2, 0.25) is 0 Å². The second-order valence-corrected chi connectivity index (χ2v) is 7.23. The number of rotatable bonds is 6. The number of hydrogen-bond donors (Lipinski definition) is 1. The predicted molar refractivity (Wildman–Crippen MR) is 107 cm³/mol. The number of aryl methyl sites for hydroxylation is 1. The van der Waals surface area contributed by atoms with Gasteiger partial charge in [-0.15, -0.1) is 0 Å². The summed E-state index contributed by atoms with van der Waals surface area (Å²) >= 11 is 0. The van der Waals surface area contributed by atoms with Crippen molar-refractivity contribution in [2.24, 2.45) is 0 Å². The molecular formula is C22H24N4O2. The van der Waals surface area contributed by atoms with Crippen LogP contribution in [-0.4, -0.2) is 34.0 Å². The fourth-order valence-corrected chi connectivity index (χ4v) is 3.48. The van der Waals surface area contributed by atoms with Crippen LogP contribution in [0.3, 0.4) is 0 Å². The van der Waals surface area contributed by atoms with E-state index in [-0.39, 0.29) is 5.91 Å². The molecule has 0 aliphatic carbocycles. The van der Waals surface area contributed by atoms with Crippen molar-refractivity contribution in [2.45, 2.75) is 32.9 Å². The molecule has 1 aliphatic heterocycles. The van der Waals surface area contributed by atoms with E-state index in [2.05, 4.69) is 26.4 Å². The van der Waals surface area contributed by atoms with Crippen molar-refractivity contribution in [3.8, 4) is 11.3 Å². The van der Waals surface area contributed by atoms with Crippen LogP contribution in [-0.2, 0) is 13.1 Å². The van der Waals surface area contributed by atoms with Crippen molar-refractivity contribution in [3.05, 3.63) is 71.2 Å². The number of nitrogens with zero attached hydrogens (tertiary/aromatic N) is 3. The summed E-state index contributed by atoms with van der Waals surface area (Å²) in [7, 11) is 0. The summed E-state index contributed by atoms with van der Waals surface area (Å²) in [4.78, 5) is 19.5. The summed E-state index contributed by atoms with van der Waals surface area (Å²) in [5.41, 5.74) is 4.32. The van der Waals surface area contributed by atoms with Crippen molar-refractivity contribution in [1.29, 1.82) is 0 Å². The first-order valence-corrected chi connectivity index (χ1v) is 9.65. The van der Waals surface area contributed by atoms with Gasteiger partial charge in [0.25, 0.3) is 5.91 Å². The number of hydrogen-bond acceptors (Lipinski definition) is 5. The highest BCUT2D eigenvalue weighted by atomic mass is 16.5. The number of likely N-dealkylation sites (tertiary alicyclic amines) is 1. The lowest BCUT2D eigenvalue weighted by Gasteiger charge is -2.14. The van der Waals surface area contributed by atoms with E-state index in [1.54, 1.807) is 6.07 Å². The van der Waals surface area contributed by atoms with Crippen LogP contribution in [0.4, 0.5) is 0 Å². The number of nitrogens with one attached hydrogen (secondary N) is 1. The van der Waals surface area contributed by atoms with E-state index < -0.39 is 0 Å². The lowest BCUT2D eigenvalue weighted by Crippen LogP contribution is -2.22. The lowest BCUT2D eigenvalue weighted by atomic mass is 10.1. The Hall–Kier alpha value is -2.99. The molecule has 6 nitrogen and oxygen atoms in total. The molecule has 4 rings (SSSR count). The normalized spacial score (nSPS) is 14.3. The lowest BCUT2D eigenvalue weighted by molar-refractivity contribution is 0.0950. The molecule has 0 saturated carbocycles. The fraction of sp³-hybridized carbons (Fsp3) is 0.318. The highest BCUT2D eigenvalue weighted by Gasteiger charge is 2.12. The quantitative estimate of drug-likeness (QED) is 0.712. The van der Waals surface area contributed by atoms with Gasteiger partial charge in [0.05, 0.1) is 12.2 Å². The molecule has 0 radical (unpaired) electrons. The fourth-order valence-electron chi connectivity index (χ4n) is 3.48. The minimum absolute atomic E-state index is 0.145. The average molecular weight is 376 g/mol. The molecule has 28 heavy (non-hydrogen) atoms. The maximum Gasteiger partial charge on any atom is 0.251 e. The first-order valence-electron chi connectivity index (χ1n) is 9.65. The Morgan fingerprint density at radius 2 is 2.04 bits per heavy atom. The molecule has 0 spiro atoms. The van der Waals surface area contributed by atoms with Gasteiger partial charge in [0, 0.05) is 29.9 Å². The number of amides is 1. The van der Waals surface area contributed by atoms with Crippen LogP contribution < -0.4 is 5.32 Å². The van der Waals surface area contributed by atoms with E-state index in [0.29, 0.717) is 17.8 Å². The zero-order valence-corrected chi connectivity index (χ0v) is 16.0. The molecule has 1 saturated heterocycles. The topological polar surface area (TPSA) is 71.3 Å². The summed E-state index contributed by atoms with van der Waals surface area (Å²) < 4.78 is 5.02. The maximum atomic E-state index is 12.5. The first kappa shape index (κ1) is 18.4. The van der Waals surface area contributed by atoms with Gasteiger partial charge in [-0.05, 0) is 56.6 Å². The smallest absolute Gasteiger partial charge is 0.251 e. The van der Waals surface area contributed by atoms with E-state index in [1.807, 2.05) is 43.5 Å². The summed E-state index contributed by atoms with van der Waals surface area (Å²) in [5.74, 6) is 0.582. The van der Waals surface area contributed by atoms with Crippen LogP contribution in [0, 0.1) is 6.92 Å². The maximum absolute atomic E-state index is 12.5. The van der Waals surface area contributed by atoms with E-state index in [1.165, 1.54) is 31.5 Å². The molecule has 2 aromatic heterocycles. The molecule has 3 heterocycles. The number of carbonyl (C=O) groups excluding carboxylic acids is 1. The number of carbonyl (C=O) groups is 1. The van der Waals surface area contributed by atoms with E-state index in [4.69, 9.17) is 4.52 Å². The van der Waals surface area contributed by atoms with Gasteiger partial charge in [-0.3, -0.25) is 14.7 Å². The summed E-state index contributed by atoms with van der Waals surface area (Å²) in [6.45, 7) is 5.46. The largest absolute Gasteiger partial charge is 0.361 e. The van der Waals surface area contributed by atoms with Crippen LogP contribution in [0.5, 0.6) is 0 Å². The molecule has 1 aromatic carbocycles. The Morgan fingerprint density at radius 3 is 2.75 bits per heavy atom. The highest BCUT2D eigenvalue weighted by Crippen LogP contribution is 2.20. The number of aromatic nitrogens is 2. The zero-order chi connectivity index (χ0) is 19.3. The summed E-state index contributed by atoms with van der Waals surface area (Å²) in [5, 5.41) is 6.76. The van der Waals surface area contributed by atoms with Crippen molar-refractivity contribution in [2.75, 3.05) is 13.1 Å². The minimum atomic E-state index is -0.145. The second-order valence-electron chi connectivity index (χ2n) is 7.23. The van der Waals surface area contributed by atoms with Gasteiger partial charge in [-0.1, -0.05) is 23.4 Å². The predicted octanol–water partition coefficient (Wildman–Crippen LogP) is 3.57. The van der Waals surface area contributed by atoms with Crippen molar-refractivity contribution >= 4 is 5.91 Å². The third kappa shape index (κ3) is 4.46.